The average molecular weight is 1370 g/mol. The van der Waals surface area contributed by atoms with Crippen LogP contribution in [0.3, 0.4) is 0 Å². The number of fused-ring (bicyclic) bond motifs is 3. The van der Waals surface area contributed by atoms with Crippen LogP contribution in [0.4, 0.5) is 48.3 Å². The molecule has 486 valence electrons. The van der Waals surface area contributed by atoms with E-state index in [0.29, 0.717) is 96.1 Å². The van der Waals surface area contributed by atoms with Crippen molar-refractivity contribution in [1.82, 2.24) is 29.9 Å². The van der Waals surface area contributed by atoms with Gasteiger partial charge in [0.05, 0.1) is 64.5 Å². The van der Waals surface area contributed by atoms with Crippen LogP contribution in [0, 0.1) is 11.6 Å². The van der Waals surface area contributed by atoms with Gasteiger partial charge in [-0.3, -0.25) is 0 Å². The van der Waals surface area contributed by atoms with Crippen molar-refractivity contribution in [2.75, 3.05) is 6.26 Å². The van der Waals surface area contributed by atoms with Crippen LogP contribution in [0.15, 0.2) is 203 Å². The minimum Gasteiger partial charge on any atom is -0.338 e. The Morgan fingerprint density at radius 1 is 0.379 bits per heavy atom. The van der Waals surface area contributed by atoms with Crippen molar-refractivity contribution < 1.29 is 73.5 Å². The number of aromatic amines is 3. The Bertz CT molecular complexity index is 5350. The number of nitrogens with zero attached hydrogens (tertiary/aromatic N) is 3. The molecule has 0 saturated heterocycles. The van der Waals surface area contributed by atoms with Gasteiger partial charge in [-0.25, -0.2) is 59.3 Å². The Labute approximate surface area is 533 Å². The van der Waals surface area contributed by atoms with E-state index in [4.69, 9.17) is 10.3 Å². The number of nitrogens with one attached hydrogen (secondary N) is 3. The highest BCUT2D eigenvalue weighted by Crippen LogP contribution is 2.36. The maximum absolute atomic E-state index is 14.0. The molecule has 95 heavy (non-hydrogen) atoms. The molecule has 0 atom stereocenters. The number of aromatic nitrogens is 6. The van der Waals surface area contributed by atoms with Crippen molar-refractivity contribution in [1.29, 1.82) is 0 Å². The molecule has 0 fully saturated rings. The fourth-order valence-electron chi connectivity index (χ4n) is 9.77. The van der Waals surface area contributed by atoms with Gasteiger partial charge in [-0.2, -0.15) is 39.5 Å². The van der Waals surface area contributed by atoms with Crippen molar-refractivity contribution >= 4 is 99.4 Å². The summed E-state index contributed by atoms with van der Waals surface area (Å²) in [5.74, 6) is -1.10. The molecule has 0 aliphatic carbocycles. The standard InChI is InChI=1S/C23H17F3N2O2S.2C22H15F4N3O2S/c1-31(29,30)21-5-3-2-4-18(21)16-9-12-19-20(14-16)28-22(27-19)13-8-15-6-10-17(11-7-15)23(24,25)26;23-17-11-13(5-8-16(17)22(24,25)26)6-10-21-28-18-9-7-14(12-19(18)29-21)15-3-1-2-4-20(15)32(27,30)31;23-17-12-15(22(24,25)26)8-5-13(17)7-10-21-28-18-9-6-14(11-19(18)29-21)16-3-1-2-4-20(16)32(27,30)31/h2-14H,1H3,(H,27,28);2*1-12H,(H,28,29)(H2,27,30,31)/b13-8+;10-6+;10-7+. The molecular weight excluding hydrogens is 1320 g/mol. The summed E-state index contributed by atoms with van der Waals surface area (Å²) in [7, 11) is -11.2. The molecule has 12 aromatic rings. The zero-order chi connectivity index (χ0) is 68.4. The second kappa shape index (κ2) is 26.5. The maximum Gasteiger partial charge on any atom is 0.419 e. The lowest BCUT2D eigenvalue weighted by Crippen LogP contribution is -2.13. The Balaban J connectivity index is 0.000000155. The van der Waals surface area contributed by atoms with E-state index in [2.05, 4.69) is 29.9 Å². The summed E-state index contributed by atoms with van der Waals surface area (Å²) >= 11 is 0. The number of primary sulfonamides is 2. The molecule has 0 radical (unpaired) electrons. The lowest BCUT2D eigenvalue weighted by Gasteiger charge is -2.07. The first kappa shape index (κ1) is 67.5. The third-order valence-electron chi connectivity index (χ3n) is 14.3. The first-order valence-corrected chi connectivity index (χ1v) is 32.6. The maximum atomic E-state index is 14.0. The van der Waals surface area contributed by atoms with Crippen LogP contribution in [-0.4, -0.2) is 61.4 Å². The van der Waals surface area contributed by atoms with Gasteiger partial charge >= 0.3 is 18.5 Å². The first-order chi connectivity index (χ1) is 44.6. The zero-order valence-corrected chi connectivity index (χ0v) is 51.1. The predicted molar refractivity (Wildman–Crippen MR) is 341 cm³/mol. The number of sulfonamides is 2. The number of H-pyrrole nitrogens is 3. The molecule has 0 unspecified atom stereocenters. The van der Waals surface area contributed by atoms with E-state index >= 15 is 0 Å². The fourth-order valence-corrected chi connectivity index (χ4v) is 12.2. The highest BCUT2D eigenvalue weighted by Gasteiger charge is 2.34. The average Bonchev–Trinajstić information content (AvgIpc) is 1.77. The molecule has 3 heterocycles. The summed E-state index contributed by atoms with van der Waals surface area (Å²) in [5, 5.41) is 10.6. The Morgan fingerprint density at radius 2 is 0.758 bits per heavy atom. The van der Waals surface area contributed by atoms with Gasteiger partial charge in [0.2, 0.25) is 20.0 Å². The number of hydrogen-bond acceptors (Lipinski definition) is 9. The van der Waals surface area contributed by atoms with Crippen LogP contribution in [-0.2, 0) is 48.4 Å². The van der Waals surface area contributed by atoms with Gasteiger partial charge in [-0.1, -0.05) is 109 Å². The topological polar surface area (TPSA) is 240 Å². The van der Waals surface area contributed by atoms with E-state index < -0.39 is 76.7 Å². The number of halogens is 11. The number of sulfone groups is 1. The summed E-state index contributed by atoms with van der Waals surface area (Å²) in [6.45, 7) is 0. The van der Waals surface area contributed by atoms with Gasteiger partial charge in [0, 0.05) is 28.5 Å². The van der Waals surface area contributed by atoms with Gasteiger partial charge < -0.3 is 15.0 Å². The third-order valence-corrected chi connectivity index (χ3v) is 17.4. The quantitative estimate of drug-likeness (QED) is 0.0730. The lowest BCUT2D eigenvalue weighted by atomic mass is 10.1. The van der Waals surface area contributed by atoms with Crippen molar-refractivity contribution in [2.45, 2.75) is 33.2 Å². The normalized spacial score (nSPS) is 12.7. The largest absolute Gasteiger partial charge is 0.419 e. The zero-order valence-electron chi connectivity index (χ0n) is 48.7. The van der Waals surface area contributed by atoms with Crippen LogP contribution < -0.4 is 10.3 Å². The van der Waals surface area contributed by atoms with Crippen LogP contribution in [0.1, 0.15) is 50.9 Å². The van der Waals surface area contributed by atoms with E-state index in [-0.39, 0.29) is 25.8 Å². The van der Waals surface area contributed by atoms with Gasteiger partial charge in [-0.05, 0) is 143 Å². The molecule has 14 nitrogen and oxygen atoms in total. The molecule has 28 heteroatoms. The van der Waals surface area contributed by atoms with E-state index in [1.165, 1.54) is 54.8 Å². The molecule has 12 rings (SSSR count). The number of hydrogen-bond donors (Lipinski definition) is 5. The molecule has 0 spiro atoms. The number of benzene rings is 9. The molecule has 9 aromatic carbocycles. The molecule has 0 aliphatic rings. The van der Waals surface area contributed by atoms with Gasteiger partial charge in [0.25, 0.3) is 0 Å². The Morgan fingerprint density at radius 3 is 1.15 bits per heavy atom. The predicted octanol–water partition coefficient (Wildman–Crippen LogP) is 16.2. The van der Waals surface area contributed by atoms with Crippen molar-refractivity contribution in [3.05, 3.63) is 251 Å². The third kappa shape index (κ3) is 16.3. The number of alkyl halides is 9. The van der Waals surface area contributed by atoms with E-state index in [1.807, 2.05) is 6.07 Å². The summed E-state index contributed by atoms with van der Waals surface area (Å²) in [6.07, 6.45) is -3.57. The SMILES string of the molecule is CS(=O)(=O)c1ccccc1-c1ccc2nc(/C=C/c3ccc(C(F)(F)F)cc3)[nH]c2c1.NS(=O)(=O)c1ccccc1-c1ccc2nc(/C=C/c3ccc(C(F)(F)F)c(F)c3)[nH]c2c1.NS(=O)(=O)c1ccccc1-c1ccc2nc(/C=C/c3ccc(C(F)(F)F)cc3F)[nH]c2c1. The fraction of sp³-hybridized carbons (Fsp3) is 0.0597. The van der Waals surface area contributed by atoms with Gasteiger partial charge in [0.15, 0.2) is 9.84 Å². The molecule has 3 aromatic heterocycles. The lowest BCUT2D eigenvalue weighted by molar-refractivity contribution is -0.140. The van der Waals surface area contributed by atoms with Crippen molar-refractivity contribution in [3.8, 4) is 33.4 Å². The minimum atomic E-state index is -4.76. The number of nitrogens with two attached hydrogens (primary N) is 2. The molecule has 7 N–H and O–H groups in total. The highest BCUT2D eigenvalue weighted by atomic mass is 32.2. The minimum absolute atomic E-state index is 0.0108. The van der Waals surface area contributed by atoms with Crippen LogP contribution in [0.25, 0.3) is 103 Å². The van der Waals surface area contributed by atoms with Crippen LogP contribution in [0.2, 0.25) is 0 Å². The molecular formula is C67H47F11N8O6S3. The molecule has 0 amide bonds. The van der Waals surface area contributed by atoms with Gasteiger partial charge in [-0.15, -0.1) is 0 Å². The molecule has 0 aliphatic heterocycles. The van der Waals surface area contributed by atoms with Gasteiger partial charge in [0.1, 0.15) is 29.1 Å². The summed E-state index contributed by atoms with van der Waals surface area (Å²) < 4.78 is 214. The molecule has 0 bridgehead atoms. The molecule has 0 saturated carbocycles. The van der Waals surface area contributed by atoms with E-state index in [1.54, 1.807) is 121 Å². The summed E-state index contributed by atoms with van der Waals surface area (Å²) in [5.41, 5.74) is 4.85. The first-order valence-electron chi connectivity index (χ1n) is 27.6. The van der Waals surface area contributed by atoms with Crippen molar-refractivity contribution in [3.63, 3.8) is 0 Å². The van der Waals surface area contributed by atoms with Crippen LogP contribution in [0.5, 0.6) is 0 Å². The smallest absolute Gasteiger partial charge is 0.338 e. The second-order valence-electron chi connectivity index (χ2n) is 21.0. The number of imidazole rings is 3. The number of rotatable bonds is 12. The van der Waals surface area contributed by atoms with E-state index in [0.717, 1.165) is 42.0 Å². The van der Waals surface area contributed by atoms with Crippen LogP contribution >= 0.6 is 0 Å². The highest BCUT2D eigenvalue weighted by molar-refractivity contribution is 7.91. The van der Waals surface area contributed by atoms with Crippen molar-refractivity contribution in [2.24, 2.45) is 10.3 Å². The van der Waals surface area contributed by atoms with E-state index in [9.17, 15) is 73.5 Å². The summed E-state index contributed by atoms with van der Waals surface area (Å²) in [4.78, 5) is 22.5. The monoisotopic (exact) mass is 1360 g/mol. The Kier molecular flexibility index (Phi) is 18.9. The summed E-state index contributed by atoms with van der Waals surface area (Å²) in [6, 6.07) is 44.7. The Hall–Kier alpha value is -10.4. The second-order valence-corrected chi connectivity index (χ2v) is 26.0.